The van der Waals surface area contributed by atoms with Crippen molar-refractivity contribution < 1.29 is 14.3 Å². The van der Waals surface area contributed by atoms with Crippen LogP contribution in [-0.2, 0) is 14.3 Å². The first-order chi connectivity index (χ1) is 9.01. The Bertz CT molecular complexity index is 368. The normalized spacial score (nSPS) is 31.5. The van der Waals surface area contributed by atoms with Crippen LogP contribution in [0.5, 0.6) is 0 Å². The lowest BCUT2D eigenvalue weighted by Gasteiger charge is -2.46. The van der Waals surface area contributed by atoms with E-state index in [-0.39, 0.29) is 11.8 Å². The molecule has 0 spiro atoms. The van der Waals surface area contributed by atoms with Crippen LogP contribution in [-0.4, -0.2) is 48.1 Å². The Morgan fingerprint density at radius 2 is 2.05 bits per heavy atom. The van der Waals surface area contributed by atoms with E-state index in [1.165, 1.54) is 0 Å². The number of ether oxygens (including phenoxy) is 1. The second kappa shape index (κ2) is 5.49. The van der Waals surface area contributed by atoms with Gasteiger partial charge in [0, 0.05) is 13.2 Å². The minimum Gasteiger partial charge on any atom is -0.380 e. The standard InChI is InChI=1S/C14H24N2O3/c1-4-8-19-9-7-16-12(17)10(2)15-13(18)14(16,3)11-5-6-11/h10-11H,4-9H2,1-3H3,(H,15,18). The molecule has 5 nitrogen and oxygen atoms in total. The first-order valence-corrected chi connectivity index (χ1v) is 7.22. The molecular formula is C14H24N2O3. The molecule has 0 aromatic rings. The van der Waals surface area contributed by atoms with Crippen LogP contribution in [0.15, 0.2) is 0 Å². The van der Waals surface area contributed by atoms with Gasteiger partial charge in [0.15, 0.2) is 0 Å². The van der Waals surface area contributed by atoms with E-state index in [4.69, 9.17) is 4.74 Å². The third kappa shape index (κ3) is 2.61. The van der Waals surface area contributed by atoms with Gasteiger partial charge in [-0.05, 0) is 39.0 Å². The van der Waals surface area contributed by atoms with Crippen molar-refractivity contribution in [3.63, 3.8) is 0 Å². The highest BCUT2D eigenvalue weighted by molar-refractivity contribution is 5.99. The van der Waals surface area contributed by atoms with Gasteiger partial charge in [-0.15, -0.1) is 0 Å². The molecule has 1 saturated carbocycles. The number of piperazine rings is 1. The quantitative estimate of drug-likeness (QED) is 0.729. The van der Waals surface area contributed by atoms with Gasteiger partial charge in [-0.25, -0.2) is 0 Å². The first kappa shape index (κ1) is 14.3. The molecule has 0 aromatic heterocycles. The fourth-order valence-corrected chi connectivity index (χ4v) is 2.79. The van der Waals surface area contributed by atoms with Gasteiger partial charge in [-0.3, -0.25) is 9.59 Å². The van der Waals surface area contributed by atoms with Crippen molar-refractivity contribution in [1.29, 1.82) is 0 Å². The Hall–Kier alpha value is -1.10. The predicted molar refractivity (Wildman–Crippen MR) is 71.6 cm³/mol. The molecule has 1 aliphatic carbocycles. The summed E-state index contributed by atoms with van der Waals surface area (Å²) in [6, 6.07) is -0.425. The zero-order chi connectivity index (χ0) is 14.0. The number of carbonyl (C=O) groups is 2. The Morgan fingerprint density at radius 1 is 1.37 bits per heavy atom. The lowest BCUT2D eigenvalue weighted by Crippen LogP contribution is -2.70. The van der Waals surface area contributed by atoms with E-state index in [9.17, 15) is 9.59 Å². The van der Waals surface area contributed by atoms with Crippen molar-refractivity contribution in [1.82, 2.24) is 10.2 Å². The van der Waals surface area contributed by atoms with E-state index in [1.807, 2.05) is 6.92 Å². The lowest BCUT2D eigenvalue weighted by molar-refractivity contribution is -0.158. The highest BCUT2D eigenvalue weighted by Gasteiger charge is 2.56. The zero-order valence-corrected chi connectivity index (χ0v) is 12.1. The topological polar surface area (TPSA) is 58.6 Å². The van der Waals surface area contributed by atoms with Crippen molar-refractivity contribution in [2.24, 2.45) is 5.92 Å². The van der Waals surface area contributed by atoms with Crippen LogP contribution in [0.25, 0.3) is 0 Å². The Kier molecular flexibility index (Phi) is 4.13. The molecule has 0 aromatic carbocycles. The van der Waals surface area contributed by atoms with E-state index < -0.39 is 11.6 Å². The first-order valence-electron chi connectivity index (χ1n) is 7.22. The molecule has 108 valence electrons. The number of amides is 2. The van der Waals surface area contributed by atoms with Crippen LogP contribution in [0.3, 0.4) is 0 Å². The van der Waals surface area contributed by atoms with Crippen LogP contribution in [0.4, 0.5) is 0 Å². The zero-order valence-electron chi connectivity index (χ0n) is 12.1. The number of rotatable bonds is 6. The summed E-state index contributed by atoms with van der Waals surface area (Å²) < 4.78 is 5.47. The second-order valence-electron chi connectivity index (χ2n) is 5.72. The molecule has 1 heterocycles. The van der Waals surface area contributed by atoms with E-state index in [1.54, 1.807) is 11.8 Å². The monoisotopic (exact) mass is 268 g/mol. The molecule has 1 saturated heterocycles. The summed E-state index contributed by atoms with van der Waals surface area (Å²) in [6.45, 7) is 7.39. The van der Waals surface area contributed by atoms with Crippen molar-refractivity contribution in [2.75, 3.05) is 19.8 Å². The lowest BCUT2D eigenvalue weighted by atomic mass is 9.88. The molecule has 5 heteroatoms. The van der Waals surface area contributed by atoms with Crippen LogP contribution in [0, 0.1) is 5.92 Å². The average Bonchev–Trinajstić information content (AvgIpc) is 3.20. The third-order valence-corrected chi connectivity index (χ3v) is 4.18. The van der Waals surface area contributed by atoms with E-state index in [0.717, 1.165) is 19.3 Å². The van der Waals surface area contributed by atoms with Gasteiger partial charge in [-0.1, -0.05) is 6.92 Å². The van der Waals surface area contributed by atoms with Crippen molar-refractivity contribution in [3.8, 4) is 0 Å². The van der Waals surface area contributed by atoms with Gasteiger partial charge in [-0.2, -0.15) is 0 Å². The molecule has 2 rings (SSSR count). The second-order valence-corrected chi connectivity index (χ2v) is 5.72. The minimum absolute atomic E-state index is 0.00842. The minimum atomic E-state index is -0.681. The van der Waals surface area contributed by atoms with Gasteiger partial charge < -0.3 is 15.0 Å². The van der Waals surface area contributed by atoms with Gasteiger partial charge >= 0.3 is 0 Å². The molecule has 2 atom stereocenters. The molecular weight excluding hydrogens is 244 g/mol. The summed E-state index contributed by atoms with van der Waals surface area (Å²) in [5, 5.41) is 2.80. The van der Waals surface area contributed by atoms with Crippen molar-refractivity contribution in [2.45, 2.75) is 51.6 Å². The van der Waals surface area contributed by atoms with Gasteiger partial charge in [0.1, 0.15) is 11.6 Å². The number of carbonyl (C=O) groups excluding carboxylic acids is 2. The van der Waals surface area contributed by atoms with E-state index >= 15 is 0 Å². The summed E-state index contributed by atoms with van der Waals surface area (Å²) in [5.74, 6) is 0.293. The maximum absolute atomic E-state index is 12.3. The van der Waals surface area contributed by atoms with Crippen LogP contribution in [0.1, 0.15) is 40.0 Å². The van der Waals surface area contributed by atoms with Gasteiger partial charge in [0.05, 0.1) is 6.61 Å². The summed E-state index contributed by atoms with van der Waals surface area (Å²) in [7, 11) is 0. The van der Waals surface area contributed by atoms with Crippen LogP contribution >= 0.6 is 0 Å². The van der Waals surface area contributed by atoms with E-state index in [2.05, 4.69) is 12.2 Å². The number of hydrogen-bond donors (Lipinski definition) is 1. The van der Waals surface area contributed by atoms with Crippen molar-refractivity contribution in [3.05, 3.63) is 0 Å². The summed E-state index contributed by atoms with van der Waals surface area (Å²) >= 11 is 0. The Morgan fingerprint density at radius 3 is 2.63 bits per heavy atom. The molecule has 2 amide bonds. The largest absolute Gasteiger partial charge is 0.380 e. The predicted octanol–water partition coefficient (Wildman–Crippen LogP) is 0.929. The highest BCUT2D eigenvalue weighted by atomic mass is 16.5. The van der Waals surface area contributed by atoms with Gasteiger partial charge in [0.2, 0.25) is 11.8 Å². The summed E-state index contributed by atoms with van der Waals surface area (Å²) in [4.78, 5) is 26.4. The fourth-order valence-electron chi connectivity index (χ4n) is 2.79. The average molecular weight is 268 g/mol. The number of hydrogen-bond acceptors (Lipinski definition) is 3. The fraction of sp³-hybridized carbons (Fsp3) is 0.857. The molecule has 1 N–H and O–H groups in total. The number of nitrogens with one attached hydrogen (secondary N) is 1. The maximum Gasteiger partial charge on any atom is 0.246 e. The summed E-state index contributed by atoms with van der Waals surface area (Å²) in [6.07, 6.45) is 3.01. The molecule has 2 aliphatic rings. The van der Waals surface area contributed by atoms with Crippen LogP contribution in [0.2, 0.25) is 0 Å². The van der Waals surface area contributed by atoms with Gasteiger partial charge in [0.25, 0.3) is 0 Å². The molecule has 19 heavy (non-hydrogen) atoms. The Labute approximate surface area is 114 Å². The Balaban J connectivity index is 2.08. The number of nitrogens with zero attached hydrogens (tertiary/aromatic N) is 1. The molecule has 0 radical (unpaired) electrons. The molecule has 2 fully saturated rings. The van der Waals surface area contributed by atoms with Crippen molar-refractivity contribution >= 4 is 11.8 Å². The summed E-state index contributed by atoms with van der Waals surface area (Å²) in [5.41, 5.74) is -0.681. The maximum atomic E-state index is 12.3. The third-order valence-electron chi connectivity index (χ3n) is 4.18. The SMILES string of the molecule is CCCOCCN1C(=O)C(C)NC(=O)C1(C)C1CC1. The smallest absolute Gasteiger partial charge is 0.246 e. The molecule has 1 aliphatic heterocycles. The highest BCUT2D eigenvalue weighted by Crippen LogP contribution is 2.44. The van der Waals surface area contributed by atoms with Crippen LogP contribution < -0.4 is 5.32 Å². The van der Waals surface area contributed by atoms with E-state index in [0.29, 0.717) is 25.7 Å². The molecule has 0 bridgehead atoms. The molecule has 2 unspecified atom stereocenters.